The minimum Gasteiger partial charge on any atom is -0.505 e. The van der Waals surface area contributed by atoms with E-state index in [1.54, 1.807) is 6.20 Å². The van der Waals surface area contributed by atoms with E-state index in [1.165, 1.54) is 6.20 Å². The molecule has 0 radical (unpaired) electrons. The maximum Gasteiger partial charge on any atom is 0.274 e. The van der Waals surface area contributed by atoms with E-state index < -0.39 is 40.4 Å². The highest BCUT2D eigenvalue weighted by atomic mass is 19.1. The van der Waals surface area contributed by atoms with Crippen LogP contribution in [0, 0.1) is 23.4 Å². The van der Waals surface area contributed by atoms with Gasteiger partial charge in [-0.2, -0.15) is 0 Å². The molecule has 1 fully saturated rings. The highest BCUT2D eigenvalue weighted by molar-refractivity contribution is 6.03. The molecule has 0 saturated heterocycles. The monoisotopic (exact) mass is 474 g/mol. The molecule has 1 aliphatic rings. The highest BCUT2D eigenvalue weighted by Crippen LogP contribution is 2.38. The van der Waals surface area contributed by atoms with E-state index in [4.69, 9.17) is 5.73 Å². The van der Waals surface area contributed by atoms with Gasteiger partial charge in [-0.05, 0) is 67.0 Å². The molecule has 182 valence electrons. The van der Waals surface area contributed by atoms with Crippen LogP contribution >= 0.6 is 0 Å². The molecule has 0 aliphatic heterocycles. The van der Waals surface area contributed by atoms with Crippen LogP contribution in [0.4, 0.5) is 18.9 Å². The van der Waals surface area contributed by atoms with Crippen molar-refractivity contribution in [2.45, 2.75) is 45.6 Å². The topological polar surface area (TPSA) is 101 Å². The Morgan fingerprint density at radius 2 is 1.85 bits per heavy atom. The number of phenolic OH excluding ortho intramolecular Hbond substituents is 1. The molecule has 6 nitrogen and oxygen atoms in total. The zero-order valence-electron chi connectivity index (χ0n) is 17.9. The van der Waals surface area contributed by atoms with E-state index in [2.05, 4.69) is 22.2 Å². The molecule has 4 N–H and O–H groups in total. The average molecular weight is 475 g/mol. The van der Waals surface area contributed by atoms with Crippen LogP contribution in [0.15, 0.2) is 42.7 Å². The Kier molecular flexibility index (Phi) is 7.56. The zero-order chi connectivity index (χ0) is 23.7. The summed E-state index contributed by atoms with van der Waals surface area (Å²) in [6.45, 7) is 2.13. The van der Waals surface area contributed by atoms with Crippen LogP contribution in [0.2, 0.25) is 0 Å². The SMILES string of the molecule is C.C[C@@H]1C[C@H](N)C[C@H](c2ccncc2NC(=O)c2ccc(F)c(-c3c(F)ccc(O)c3F)n2)C1.[HH]. The number of anilines is 1. The largest absolute Gasteiger partial charge is 0.505 e. The summed E-state index contributed by atoms with van der Waals surface area (Å²) in [6, 6.07) is 5.49. The quantitative estimate of drug-likeness (QED) is 0.455. The number of pyridine rings is 2. The standard InChI is InChI=1S/C24H23F3N4O2.CH4.H2/c1-12-8-13(10-14(28)9-12)15-6-7-29-11-19(15)31-24(33)18-4-2-17(26)23(30-18)21-16(25)3-5-20(32)22(21)27;;/h2-7,11-14,32H,8-10,28H2,1H3,(H,31,33);1H4;1H/t12-,13+,14-;;/m0../s1. The Balaban J connectivity index is 0.00000216. The van der Waals surface area contributed by atoms with Gasteiger partial charge in [0.15, 0.2) is 11.6 Å². The number of nitrogens with one attached hydrogen (secondary N) is 1. The average Bonchev–Trinajstić information content (AvgIpc) is 2.77. The van der Waals surface area contributed by atoms with E-state index in [0.29, 0.717) is 11.6 Å². The predicted molar refractivity (Wildman–Crippen MR) is 126 cm³/mol. The third-order valence-corrected chi connectivity index (χ3v) is 5.91. The van der Waals surface area contributed by atoms with Gasteiger partial charge in [-0.1, -0.05) is 14.4 Å². The Morgan fingerprint density at radius 1 is 1.12 bits per heavy atom. The number of aromatic nitrogens is 2. The van der Waals surface area contributed by atoms with E-state index in [0.717, 1.165) is 49.1 Å². The fourth-order valence-electron chi connectivity index (χ4n) is 4.47. The van der Waals surface area contributed by atoms with Gasteiger partial charge in [0.25, 0.3) is 5.91 Å². The van der Waals surface area contributed by atoms with Crippen LogP contribution in [0.1, 0.15) is 57.0 Å². The maximum absolute atomic E-state index is 14.4. The summed E-state index contributed by atoms with van der Waals surface area (Å²) in [6.07, 6.45) is 5.77. The number of hydrogen-bond donors (Lipinski definition) is 3. The van der Waals surface area contributed by atoms with Gasteiger partial charge >= 0.3 is 0 Å². The fraction of sp³-hybridized carbons (Fsp3) is 0.320. The number of hydrogen-bond acceptors (Lipinski definition) is 5. The molecule has 1 aliphatic carbocycles. The van der Waals surface area contributed by atoms with Crippen molar-refractivity contribution < 1.29 is 24.5 Å². The van der Waals surface area contributed by atoms with Crippen LogP contribution in [0.3, 0.4) is 0 Å². The first-order chi connectivity index (χ1) is 15.7. The van der Waals surface area contributed by atoms with Crippen LogP contribution in [0.25, 0.3) is 11.3 Å². The molecule has 1 saturated carbocycles. The van der Waals surface area contributed by atoms with Crippen molar-refractivity contribution >= 4 is 11.6 Å². The Bertz CT molecular complexity index is 1200. The lowest BCUT2D eigenvalue weighted by Crippen LogP contribution is -2.31. The number of nitrogens with zero attached hydrogens (tertiary/aromatic N) is 2. The molecule has 0 unspecified atom stereocenters. The number of carbonyl (C=O) groups excluding carboxylic acids is 1. The van der Waals surface area contributed by atoms with E-state index in [-0.39, 0.29) is 26.5 Å². The van der Waals surface area contributed by atoms with Crippen LogP contribution in [-0.2, 0) is 0 Å². The molecule has 9 heteroatoms. The number of amides is 1. The van der Waals surface area contributed by atoms with E-state index in [9.17, 15) is 23.1 Å². The molecule has 34 heavy (non-hydrogen) atoms. The first-order valence-corrected chi connectivity index (χ1v) is 10.6. The normalized spacial score (nSPS) is 19.9. The molecular formula is C25H29F3N4O2. The molecule has 3 aromatic rings. The highest BCUT2D eigenvalue weighted by Gasteiger charge is 2.28. The van der Waals surface area contributed by atoms with Gasteiger partial charge in [0.05, 0.1) is 17.4 Å². The van der Waals surface area contributed by atoms with Crippen molar-refractivity contribution in [2.24, 2.45) is 11.7 Å². The van der Waals surface area contributed by atoms with Gasteiger partial charge in [0.2, 0.25) is 0 Å². The molecule has 1 amide bonds. The lowest BCUT2D eigenvalue weighted by molar-refractivity contribution is 0.102. The van der Waals surface area contributed by atoms with Crippen molar-refractivity contribution in [1.29, 1.82) is 0 Å². The summed E-state index contributed by atoms with van der Waals surface area (Å²) < 4.78 is 42.9. The summed E-state index contributed by atoms with van der Waals surface area (Å²) in [4.78, 5) is 20.9. The Morgan fingerprint density at radius 3 is 2.59 bits per heavy atom. The van der Waals surface area contributed by atoms with Gasteiger partial charge in [0, 0.05) is 13.7 Å². The van der Waals surface area contributed by atoms with Gasteiger partial charge in [-0.25, -0.2) is 18.2 Å². The second-order valence-electron chi connectivity index (χ2n) is 8.47. The van der Waals surface area contributed by atoms with Crippen LogP contribution in [0.5, 0.6) is 5.75 Å². The number of rotatable bonds is 4. The minimum atomic E-state index is -1.36. The van der Waals surface area contributed by atoms with Gasteiger partial charge in [-0.15, -0.1) is 0 Å². The summed E-state index contributed by atoms with van der Waals surface area (Å²) in [7, 11) is 0. The predicted octanol–water partition coefficient (Wildman–Crippen LogP) is 5.63. The smallest absolute Gasteiger partial charge is 0.274 e. The number of carbonyl (C=O) groups is 1. The lowest BCUT2D eigenvalue weighted by Gasteiger charge is -2.32. The summed E-state index contributed by atoms with van der Waals surface area (Å²) >= 11 is 0. The van der Waals surface area contributed by atoms with E-state index in [1.807, 2.05) is 6.07 Å². The molecule has 4 rings (SSSR count). The van der Waals surface area contributed by atoms with Crippen LogP contribution in [-0.4, -0.2) is 27.0 Å². The van der Waals surface area contributed by atoms with Gasteiger partial charge in [-0.3, -0.25) is 9.78 Å². The fourth-order valence-corrected chi connectivity index (χ4v) is 4.47. The molecule has 2 heterocycles. The maximum atomic E-state index is 14.4. The van der Waals surface area contributed by atoms with Crippen molar-refractivity contribution in [2.75, 3.05) is 5.32 Å². The second kappa shape index (κ2) is 10.2. The van der Waals surface area contributed by atoms with Crippen molar-refractivity contribution in [3.05, 3.63) is 71.4 Å². The number of phenols is 1. The Labute approximate surface area is 197 Å². The second-order valence-corrected chi connectivity index (χ2v) is 8.47. The minimum absolute atomic E-state index is 0. The van der Waals surface area contributed by atoms with E-state index >= 15 is 0 Å². The summed E-state index contributed by atoms with van der Waals surface area (Å²) in [5, 5.41) is 12.3. The molecule has 0 spiro atoms. The third kappa shape index (κ3) is 5.04. The number of benzene rings is 1. The van der Waals surface area contributed by atoms with Crippen molar-refractivity contribution in [1.82, 2.24) is 9.97 Å². The zero-order valence-corrected chi connectivity index (χ0v) is 17.9. The number of aromatic hydroxyl groups is 1. The molecule has 2 aromatic heterocycles. The third-order valence-electron chi connectivity index (χ3n) is 5.91. The number of halogens is 3. The lowest BCUT2D eigenvalue weighted by atomic mass is 9.76. The first kappa shape index (κ1) is 25.2. The molecule has 0 bridgehead atoms. The summed E-state index contributed by atoms with van der Waals surface area (Å²) in [5.74, 6) is -4.51. The summed E-state index contributed by atoms with van der Waals surface area (Å²) in [5.41, 5.74) is 5.72. The Hall–Kier alpha value is -3.46. The van der Waals surface area contributed by atoms with Gasteiger partial charge < -0.3 is 16.2 Å². The van der Waals surface area contributed by atoms with Crippen molar-refractivity contribution in [3.8, 4) is 17.0 Å². The molecule has 1 aromatic carbocycles. The van der Waals surface area contributed by atoms with Crippen LogP contribution < -0.4 is 11.1 Å². The molecule has 3 atom stereocenters. The number of nitrogens with two attached hydrogens (primary N) is 1. The van der Waals surface area contributed by atoms with Gasteiger partial charge in [0.1, 0.15) is 23.0 Å². The van der Waals surface area contributed by atoms with Crippen molar-refractivity contribution in [3.63, 3.8) is 0 Å². The molecular weight excluding hydrogens is 445 g/mol. The first-order valence-electron chi connectivity index (χ1n) is 10.6.